The first kappa shape index (κ1) is 5.91. The monoisotopic (exact) mass is 95.0 g/mol. The molecule has 6 heavy (non-hydrogen) atoms. The van der Waals surface area contributed by atoms with Crippen molar-refractivity contribution in [1.29, 1.82) is 0 Å². The fraction of sp³-hybridized carbons (Fsp3) is 0. The molecular formula is C2H5MgN3. The number of hydrogen-bond acceptors (Lipinski definition) is 2. The van der Waals surface area contributed by atoms with Gasteiger partial charge in [0.2, 0.25) is 0 Å². The minimum Gasteiger partial charge on any atom is -0.266 e. The maximum atomic E-state index is 3.56. The van der Waals surface area contributed by atoms with Crippen molar-refractivity contribution in [1.82, 2.24) is 15.2 Å². The van der Waals surface area contributed by atoms with E-state index in [0.29, 0.717) is 0 Å². The molecule has 0 fully saturated rings. The van der Waals surface area contributed by atoms with E-state index in [4.69, 9.17) is 0 Å². The number of nitrogens with zero attached hydrogens (tertiary/aromatic N) is 2. The molecule has 0 spiro atoms. The Morgan fingerprint density at radius 3 is 2.50 bits per heavy atom. The second kappa shape index (κ2) is 3.11. The number of hydrogen-bond donors (Lipinski definition) is 1. The summed E-state index contributed by atoms with van der Waals surface area (Å²) in [6, 6.07) is 0. The predicted octanol–water partition coefficient (Wildman–Crippen LogP) is -1.11. The van der Waals surface area contributed by atoms with Crippen LogP contribution in [0.15, 0.2) is 12.7 Å². The summed E-state index contributed by atoms with van der Waals surface area (Å²) in [6.45, 7) is 0. The van der Waals surface area contributed by atoms with Gasteiger partial charge in [-0.25, -0.2) is 4.98 Å². The lowest BCUT2D eigenvalue weighted by Gasteiger charge is -1.46. The van der Waals surface area contributed by atoms with Crippen LogP contribution in [0.1, 0.15) is 0 Å². The highest BCUT2D eigenvalue weighted by molar-refractivity contribution is 5.75. The van der Waals surface area contributed by atoms with Crippen molar-refractivity contribution in [2.45, 2.75) is 0 Å². The summed E-state index contributed by atoms with van der Waals surface area (Å²) in [6.07, 6.45) is 2.96. The molecule has 1 rings (SSSR count). The third-order valence-electron chi connectivity index (χ3n) is 0.331. The quantitative estimate of drug-likeness (QED) is 0.415. The third kappa shape index (κ3) is 1.37. The van der Waals surface area contributed by atoms with E-state index in [9.17, 15) is 0 Å². The number of rotatable bonds is 0. The van der Waals surface area contributed by atoms with Gasteiger partial charge in [0, 0.05) is 0 Å². The Morgan fingerprint density at radius 2 is 2.33 bits per heavy atom. The summed E-state index contributed by atoms with van der Waals surface area (Å²) in [5, 5.41) is 5.99. The molecule has 3 nitrogen and oxygen atoms in total. The van der Waals surface area contributed by atoms with E-state index in [1.807, 2.05) is 0 Å². The lowest BCUT2D eigenvalue weighted by Crippen LogP contribution is -1.53. The van der Waals surface area contributed by atoms with Gasteiger partial charge < -0.3 is 0 Å². The molecule has 1 aromatic heterocycles. The SMILES string of the molecule is [MgH2].c1nc[nH]n1. The molecule has 1 heterocycles. The predicted molar refractivity (Wildman–Crippen MR) is 24.9 cm³/mol. The second-order valence-electron chi connectivity index (χ2n) is 0.652. The Balaban J connectivity index is 0.000000250. The van der Waals surface area contributed by atoms with Gasteiger partial charge in [-0.2, -0.15) is 5.10 Å². The molecule has 1 aromatic rings. The van der Waals surface area contributed by atoms with Crippen molar-refractivity contribution in [3.8, 4) is 0 Å². The maximum Gasteiger partial charge on any atom is 0.316 e. The Morgan fingerprint density at radius 1 is 1.50 bits per heavy atom. The van der Waals surface area contributed by atoms with Crippen LogP contribution in [-0.4, -0.2) is 38.2 Å². The minimum atomic E-state index is 0. The maximum absolute atomic E-state index is 3.56. The van der Waals surface area contributed by atoms with Crippen LogP contribution < -0.4 is 0 Å². The molecule has 0 unspecified atom stereocenters. The van der Waals surface area contributed by atoms with Gasteiger partial charge in [-0.15, -0.1) is 0 Å². The number of aromatic nitrogens is 3. The summed E-state index contributed by atoms with van der Waals surface area (Å²) < 4.78 is 0. The average molecular weight is 95.4 g/mol. The van der Waals surface area contributed by atoms with Crippen LogP contribution in [-0.2, 0) is 0 Å². The third-order valence-corrected chi connectivity index (χ3v) is 0.331. The van der Waals surface area contributed by atoms with Gasteiger partial charge in [0.25, 0.3) is 0 Å². The molecule has 0 aliphatic heterocycles. The van der Waals surface area contributed by atoms with Gasteiger partial charge >= 0.3 is 23.1 Å². The van der Waals surface area contributed by atoms with Crippen LogP contribution in [0.4, 0.5) is 0 Å². The average Bonchev–Trinajstić information content (AvgIpc) is 1.76. The van der Waals surface area contributed by atoms with E-state index < -0.39 is 0 Å². The van der Waals surface area contributed by atoms with Crippen molar-refractivity contribution in [3.05, 3.63) is 12.7 Å². The zero-order chi connectivity index (χ0) is 3.54. The summed E-state index contributed by atoms with van der Waals surface area (Å²) >= 11 is 0. The first-order valence-electron chi connectivity index (χ1n) is 1.29. The smallest absolute Gasteiger partial charge is 0.266 e. The van der Waals surface area contributed by atoms with Crippen LogP contribution in [0.25, 0.3) is 0 Å². The largest absolute Gasteiger partial charge is 0.316 e. The van der Waals surface area contributed by atoms with E-state index in [-0.39, 0.29) is 23.1 Å². The highest BCUT2D eigenvalue weighted by Gasteiger charge is 1.57. The molecule has 0 aliphatic carbocycles. The first-order chi connectivity index (χ1) is 2.50. The van der Waals surface area contributed by atoms with Gasteiger partial charge in [0.05, 0.1) is 0 Å². The standard InChI is InChI=1S/C2H3N3.Mg.2H/c1-3-2-5-4-1;;;/h1-2H,(H,3,4,5);;;. The molecule has 0 aliphatic rings. The van der Waals surface area contributed by atoms with Crippen molar-refractivity contribution >= 4 is 23.1 Å². The highest BCUT2D eigenvalue weighted by atomic mass is 24.3. The van der Waals surface area contributed by atoms with Gasteiger partial charge in [0.15, 0.2) is 0 Å². The molecule has 0 saturated heterocycles. The Labute approximate surface area is 51.3 Å². The van der Waals surface area contributed by atoms with Crippen molar-refractivity contribution in [2.24, 2.45) is 0 Å². The molecule has 0 bridgehead atoms. The topological polar surface area (TPSA) is 41.6 Å². The fourth-order valence-electron chi connectivity index (χ4n) is 0.167. The van der Waals surface area contributed by atoms with Gasteiger partial charge in [0.1, 0.15) is 12.7 Å². The highest BCUT2D eigenvalue weighted by Crippen LogP contribution is 1.53. The second-order valence-corrected chi connectivity index (χ2v) is 0.652. The molecule has 0 amide bonds. The molecule has 0 saturated carbocycles. The zero-order valence-electron chi connectivity index (χ0n) is 2.55. The van der Waals surface area contributed by atoms with Gasteiger partial charge in [-0.3, -0.25) is 5.10 Å². The Kier molecular flexibility index (Phi) is 3.06. The van der Waals surface area contributed by atoms with Crippen LogP contribution in [0.5, 0.6) is 0 Å². The molecule has 1 N–H and O–H groups in total. The van der Waals surface area contributed by atoms with E-state index >= 15 is 0 Å². The van der Waals surface area contributed by atoms with Crippen molar-refractivity contribution < 1.29 is 0 Å². The summed E-state index contributed by atoms with van der Waals surface area (Å²) in [5.74, 6) is 0. The molecular weight excluding hydrogens is 90.3 g/mol. The van der Waals surface area contributed by atoms with Crippen LogP contribution in [0.2, 0.25) is 0 Å². The molecule has 30 valence electrons. The molecule has 0 atom stereocenters. The Hall–Kier alpha value is -0.0938. The van der Waals surface area contributed by atoms with Crippen LogP contribution in [0.3, 0.4) is 0 Å². The van der Waals surface area contributed by atoms with Crippen LogP contribution in [0, 0.1) is 0 Å². The van der Waals surface area contributed by atoms with Gasteiger partial charge in [-0.1, -0.05) is 0 Å². The lowest BCUT2D eigenvalue weighted by molar-refractivity contribution is 1.09. The van der Waals surface area contributed by atoms with Crippen LogP contribution >= 0.6 is 0 Å². The molecule has 0 aromatic carbocycles. The number of nitrogens with one attached hydrogen (secondary N) is 1. The normalized spacial score (nSPS) is 6.67. The molecule has 0 radical (unpaired) electrons. The van der Waals surface area contributed by atoms with Gasteiger partial charge in [-0.05, 0) is 0 Å². The summed E-state index contributed by atoms with van der Waals surface area (Å²) in [5.41, 5.74) is 0. The van der Waals surface area contributed by atoms with E-state index in [2.05, 4.69) is 15.2 Å². The van der Waals surface area contributed by atoms with Crippen molar-refractivity contribution in [3.63, 3.8) is 0 Å². The Bertz CT molecular complexity index is 65.3. The minimum absolute atomic E-state index is 0. The van der Waals surface area contributed by atoms with E-state index in [0.717, 1.165) is 0 Å². The lowest BCUT2D eigenvalue weighted by atomic mass is 11.3. The van der Waals surface area contributed by atoms with E-state index in [1.54, 1.807) is 0 Å². The fourth-order valence-corrected chi connectivity index (χ4v) is 0.167. The summed E-state index contributed by atoms with van der Waals surface area (Å²) in [4.78, 5) is 3.56. The first-order valence-corrected chi connectivity index (χ1v) is 1.29. The number of aromatic amines is 1. The van der Waals surface area contributed by atoms with Crippen molar-refractivity contribution in [2.75, 3.05) is 0 Å². The summed E-state index contributed by atoms with van der Waals surface area (Å²) in [7, 11) is 0. The molecule has 4 heteroatoms. The van der Waals surface area contributed by atoms with E-state index in [1.165, 1.54) is 12.7 Å². The number of H-pyrrole nitrogens is 1. The zero-order valence-corrected chi connectivity index (χ0v) is 2.55.